The molecule has 1 aliphatic rings. The van der Waals surface area contributed by atoms with E-state index in [0.29, 0.717) is 0 Å². The van der Waals surface area contributed by atoms with E-state index in [-0.39, 0.29) is 0 Å². The van der Waals surface area contributed by atoms with E-state index in [0.717, 1.165) is 9.52 Å². The highest BCUT2D eigenvalue weighted by Gasteiger charge is 2.07. The molecule has 0 N–H and O–H groups in total. The van der Waals surface area contributed by atoms with Crippen LogP contribution in [0, 0.1) is 0 Å². The highest BCUT2D eigenvalue weighted by atomic mass is 28.2. The van der Waals surface area contributed by atoms with Crippen molar-refractivity contribution < 1.29 is 0 Å². The normalized spacial score (nSPS) is 21.3. The van der Waals surface area contributed by atoms with E-state index in [4.69, 9.17) is 0 Å². The number of likely N-dealkylation sites (tertiary alicyclic amines) is 1. The van der Waals surface area contributed by atoms with Crippen LogP contribution in [0.1, 0.15) is 19.3 Å². The second-order valence-electron chi connectivity index (χ2n) is 3.01. The van der Waals surface area contributed by atoms with E-state index in [2.05, 4.69) is 11.4 Å². The van der Waals surface area contributed by atoms with E-state index in [1.165, 1.54) is 44.9 Å². The van der Waals surface area contributed by atoms with E-state index >= 15 is 0 Å². The second-order valence-corrected chi connectivity index (χ2v) is 4.21. The van der Waals surface area contributed by atoms with Crippen LogP contribution in [0.25, 0.3) is 0 Å². The summed E-state index contributed by atoms with van der Waals surface area (Å²) in [4.78, 5) is 2.61. The first kappa shape index (κ1) is 8.28. The summed E-state index contributed by atoms with van der Waals surface area (Å²) in [6.45, 7) is 6.38. The van der Waals surface area contributed by atoms with Crippen LogP contribution in [0.3, 0.4) is 0 Å². The maximum atomic E-state index is 2.61. The third kappa shape index (κ3) is 2.84. The topological polar surface area (TPSA) is 3.24 Å². The molecule has 0 aromatic rings. The van der Waals surface area contributed by atoms with Gasteiger partial charge in [-0.25, -0.2) is 0 Å². The Bertz CT molecular complexity index is 79.3. The predicted molar refractivity (Wildman–Crippen MR) is 46.7 cm³/mol. The lowest BCUT2D eigenvalue weighted by molar-refractivity contribution is 0.240. The van der Waals surface area contributed by atoms with Crippen molar-refractivity contribution in [3.8, 4) is 0 Å². The van der Waals surface area contributed by atoms with Crippen molar-refractivity contribution in [2.75, 3.05) is 19.6 Å². The zero-order valence-electron chi connectivity index (χ0n) is 6.90. The third-order valence-electron chi connectivity index (χ3n) is 2.13. The van der Waals surface area contributed by atoms with Gasteiger partial charge in [0, 0.05) is 9.52 Å². The molecule has 1 rings (SSSR count). The summed E-state index contributed by atoms with van der Waals surface area (Å²) in [6, 6.07) is 1.42. The molecule has 58 valence electrons. The summed E-state index contributed by atoms with van der Waals surface area (Å²) in [6.07, 6.45) is 4.34. The molecule has 0 aliphatic carbocycles. The first-order valence-corrected chi connectivity index (χ1v) is 6.01. The van der Waals surface area contributed by atoms with Crippen LogP contribution in [-0.4, -0.2) is 34.1 Å². The lowest BCUT2D eigenvalue weighted by Crippen LogP contribution is -2.30. The molecule has 0 atom stereocenters. The van der Waals surface area contributed by atoms with Crippen molar-refractivity contribution in [3.63, 3.8) is 0 Å². The van der Waals surface area contributed by atoms with Crippen molar-refractivity contribution in [3.05, 3.63) is 0 Å². The molecule has 1 heterocycles. The van der Waals surface area contributed by atoms with Gasteiger partial charge in [-0.3, -0.25) is 0 Å². The Morgan fingerprint density at radius 2 is 1.90 bits per heavy atom. The van der Waals surface area contributed by atoms with Crippen molar-refractivity contribution in [1.82, 2.24) is 4.90 Å². The number of rotatable bonds is 3. The largest absolute Gasteiger partial charge is 0.304 e. The molecule has 0 spiro atoms. The maximum Gasteiger partial charge on any atom is 0.0356 e. The van der Waals surface area contributed by atoms with Crippen LogP contribution in [0.5, 0.6) is 0 Å². The summed E-state index contributed by atoms with van der Waals surface area (Å²) < 4.78 is 0. The fourth-order valence-electron chi connectivity index (χ4n) is 1.45. The highest BCUT2D eigenvalue weighted by Crippen LogP contribution is 2.08. The molecule has 1 nitrogen and oxygen atoms in total. The predicted octanol–water partition coefficient (Wildman–Crippen LogP) is 1.64. The van der Waals surface area contributed by atoms with Gasteiger partial charge in [0.1, 0.15) is 0 Å². The Morgan fingerprint density at radius 3 is 2.50 bits per heavy atom. The number of hydrogen-bond acceptors (Lipinski definition) is 1. The molecule has 0 amide bonds. The number of piperidine rings is 1. The quantitative estimate of drug-likeness (QED) is 0.560. The summed E-state index contributed by atoms with van der Waals surface area (Å²) in [5, 5.41) is 0. The SMILES string of the molecule is C[Si]CCN1CCCCC1. The van der Waals surface area contributed by atoms with Crippen LogP contribution in [0.4, 0.5) is 0 Å². The third-order valence-corrected chi connectivity index (χ3v) is 2.85. The van der Waals surface area contributed by atoms with Crippen LogP contribution in [0.2, 0.25) is 12.6 Å². The van der Waals surface area contributed by atoms with E-state index in [1.54, 1.807) is 0 Å². The van der Waals surface area contributed by atoms with Gasteiger partial charge in [0.25, 0.3) is 0 Å². The molecule has 1 aliphatic heterocycles. The first-order valence-electron chi connectivity index (χ1n) is 4.30. The van der Waals surface area contributed by atoms with Crippen LogP contribution in [0.15, 0.2) is 0 Å². The average Bonchev–Trinajstić information content (AvgIpc) is 2.03. The first-order chi connectivity index (χ1) is 4.93. The summed E-state index contributed by atoms with van der Waals surface area (Å²) >= 11 is 0. The van der Waals surface area contributed by atoms with Gasteiger partial charge < -0.3 is 4.90 Å². The molecule has 0 bridgehead atoms. The van der Waals surface area contributed by atoms with Gasteiger partial charge in [0.2, 0.25) is 0 Å². The standard InChI is InChI=1S/C8H17NSi/c1-10-8-7-9-5-3-2-4-6-9/h2-8H2,1H3. The Balaban J connectivity index is 2.02. The molecular weight excluding hydrogens is 138 g/mol. The molecule has 0 aromatic carbocycles. The minimum absolute atomic E-state index is 1.14. The van der Waals surface area contributed by atoms with Crippen molar-refractivity contribution in [1.29, 1.82) is 0 Å². The van der Waals surface area contributed by atoms with Gasteiger partial charge in [-0.15, -0.1) is 0 Å². The lowest BCUT2D eigenvalue weighted by Gasteiger charge is -2.25. The molecular formula is C8H17NSi. The van der Waals surface area contributed by atoms with Crippen LogP contribution in [-0.2, 0) is 0 Å². The fraction of sp³-hybridized carbons (Fsp3) is 1.00. The fourth-order valence-corrected chi connectivity index (χ4v) is 1.99. The maximum absolute atomic E-state index is 2.61. The van der Waals surface area contributed by atoms with Gasteiger partial charge in [0.15, 0.2) is 0 Å². The second kappa shape index (κ2) is 4.91. The summed E-state index contributed by atoms with van der Waals surface area (Å²) in [7, 11) is 1.14. The molecule has 1 saturated heterocycles. The lowest BCUT2D eigenvalue weighted by atomic mass is 10.1. The number of hydrogen-bond donors (Lipinski definition) is 0. The van der Waals surface area contributed by atoms with Crippen LogP contribution < -0.4 is 0 Å². The van der Waals surface area contributed by atoms with Crippen molar-refractivity contribution >= 4 is 9.52 Å². The Labute approximate surface area is 66.6 Å². The Morgan fingerprint density at radius 1 is 1.20 bits per heavy atom. The number of nitrogens with zero attached hydrogens (tertiary/aromatic N) is 1. The summed E-state index contributed by atoms with van der Waals surface area (Å²) in [5.74, 6) is 0. The minimum atomic E-state index is 1.14. The van der Waals surface area contributed by atoms with E-state index in [1.807, 2.05) is 0 Å². The van der Waals surface area contributed by atoms with Gasteiger partial charge >= 0.3 is 0 Å². The molecule has 0 aromatic heterocycles. The zero-order valence-corrected chi connectivity index (χ0v) is 7.90. The van der Waals surface area contributed by atoms with Crippen molar-refractivity contribution in [2.45, 2.75) is 31.9 Å². The average molecular weight is 155 g/mol. The van der Waals surface area contributed by atoms with Crippen molar-refractivity contribution in [2.24, 2.45) is 0 Å². The van der Waals surface area contributed by atoms with Crippen LogP contribution >= 0.6 is 0 Å². The molecule has 0 unspecified atom stereocenters. The molecule has 2 heteroatoms. The van der Waals surface area contributed by atoms with Gasteiger partial charge in [-0.2, -0.15) is 0 Å². The van der Waals surface area contributed by atoms with Gasteiger partial charge in [0.05, 0.1) is 0 Å². The Hall–Kier alpha value is 0.177. The van der Waals surface area contributed by atoms with Gasteiger partial charge in [-0.05, 0) is 38.5 Å². The van der Waals surface area contributed by atoms with Gasteiger partial charge in [-0.1, -0.05) is 13.0 Å². The monoisotopic (exact) mass is 155 g/mol. The summed E-state index contributed by atoms with van der Waals surface area (Å²) in [5.41, 5.74) is 0. The molecule has 0 saturated carbocycles. The highest BCUT2D eigenvalue weighted by molar-refractivity contribution is 6.33. The molecule has 1 fully saturated rings. The Kier molecular flexibility index (Phi) is 4.06. The van der Waals surface area contributed by atoms with E-state index in [9.17, 15) is 0 Å². The van der Waals surface area contributed by atoms with E-state index < -0.39 is 0 Å². The zero-order chi connectivity index (χ0) is 7.23. The molecule has 10 heavy (non-hydrogen) atoms. The molecule has 2 radical (unpaired) electrons. The minimum Gasteiger partial charge on any atom is -0.304 e. The smallest absolute Gasteiger partial charge is 0.0356 e.